The average Bonchev–Trinajstić information content (AvgIpc) is 3.46. The van der Waals surface area contributed by atoms with Crippen LogP contribution in [0.1, 0.15) is 19.4 Å². The topological polar surface area (TPSA) is 34.6 Å². The molecule has 0 unspecified atom stereocenters. The Hall–Kier alpha value is -5.35. The fraction of sp³-hybridized carbons (Fsp3) is 0.111. The molecule has 4 heterocycles. The van der Waals surface area contributed by atoms with Gasteiger partial charge in [-0.25, -0.2) is 0 Å². The molecule has 0 saturated carbocycles. The summed E-state index contributed by atoms with van der Waals surface area (Å²) in [6.07, 6.45) is 5.63. The van der Waals surface area contributed by atoms with Gasteiger partial charge in [0.1, 0.15) is 5.69 Å². The van der Waals surface area contributed by atoms with Gasteiger partial charge in [-0.15, -0.1) is 90.0 Å². The van der Waals surface area contributed by atoms with E-state index < -0.39 is 0 Å². The Morgan fingerprint density at radius 3 is 2.04 bits per heavy atom. The number of pyridine rings is 3. The third kappa shape index (κ3) is 8.81. The first-order valence-corrected chi connectivity index (χ1v) is 16.5. The minimum atomic E-state index is 0. The maximum Gasteiger partial charge on any atom is 0.115 e. The van der Waals surface area contributed by atoms with Crippen LogP contribution in [-0.4, -0.2) is 14.5 Å². The van der Waals surface area contributed by atoms with Gasteiger partial charge in [0.15, 0.2) is 0 Å². The molecule has 0 atom stereocenters. The van der Waals surface area contributed by atoms with Crippen molar-refractivity contribution in [2.75, 3.05) is 0 Å². The zero-order chi connectivity index (χ0) is 34.0. The summed E-state index contributed by atoms with van der Waals surface area (Å²) in [6, 6.07) is 54.5. The van der Waals surface area contributed by atoms with E-state index in [1.165, 1.54) is 27.4 Å². The van der Waals surface area contributed by atoms with Gasteiger partial charge in [-0.05, 0) is 58.9 Å². The molecule has 0 aliphatic heterocycles. The first-order valence-electron chi connectivity index (χ1n) is 16.5. The molecule has 251 valence electrons. The SMILES string of the molecule is Cc1ccc(-c2[c-]cc3c(c2)c2ccccc2n3CC(C)C)nc1.[CH2-][n+]1ccccc1-c1[c-]cccc1.[Ir].[c-]1ccccc1-c1ccccn1. The van der Waals surface area contributed by atoms with E-state index in [1.54, 1.807) is 6.20 Å². The molecule has 0 aliphatic carbocycles. The molecule has 0 spiro atoms. The Balaban J connectivity index is 0.000000158. The van der Waals surface area contributed by atoms with Gasteiger partial charge in [-0.3, -0.25) is 0 Å². The van der Waals surface area contributed by atoms with E-state index in [2.05, 4.69) is 109 Å². The Bertz CT molecular complexity index is 2190. The van der Waals surface area contributed by atoms with Gasteiger partial charge in [0, 0.05) is 51.6 Å². The fourth-order valence-corrected chi connectivity index (χ4v) is 5.67. The van der Waals surface area contributed by atoms with E-state index in [9.17, 15) is 0 Å². The van der Waals surface area contributed by atoms with Crippen LogP contribution in [0.25, 0.3) is 55.6 Å². The van der Waals surface area contributed by atoms with E-state index >= 15 is 0 Å². The Morgan fingerprint density at radius 1 is 0.680 bits per heavy atom. The quantitative estimate of drug-likeness (QED) is 0.128. The summed E-state index contributed by atoms with van der Waals surface area (Å²) in [5.74, 6) is 0.599. The van der Waals surface area contributed by atoms with Crippen molar-refractivity contribution >= 4 is 21.8 Å². The molecule has 0 fully saturated rings. The van der Waals surface area contributed by atoms with Crippen LogP contribution in [-0.2, 0) is 26.7 Å². The van der Waals surface area contributed by atoms with E-state index in [0.29, 0.717) is 5.92 Å². The van der Waals surface area contributed by atoms with Crippen LogP contribution in [0.4, 0.5) is 0 Å². The van der Waals surface area contributed by atoms with Gasteiger partial charge in [-0.1, -0.05) is 79.4 Å². The molecular formula is C45H39IrN4-3. The zero-order valence-electron chi connectivity index (χ0n) is 28.5. The van der Waals surface area contributed by atoms with Gasteiger partial charge < -0.3 is 19.1 Å². The second-order valence-electron chi connectivity index (χ2n) is 12.2. The first-order chi connectivity index (χ1) is 24.0. The summed E-state index contributed by atoms with van der Waals surface area (Å²) in [5.41, 5.74) is 9.90. The molecule has 1 radical (unpaired) electrons. The van der Waals surface area contributed by atoms with Gasteiger partial charge >= 0.3 is 0 Å². The van der Waals surface area contributed by atoms with Crippen molar-refractivity contribution in [2.45, 2.75) is 27.3 Å². The van der Waals surface area contributed by atoms with Gasteiger partial charge in [0.2, 0.25) is 0 Å². The van der Waals surface area contributed by atoms with Crippen LogP contribution in [0, 0.1) is 38.1 Å². The van der Waals surface area contributed by atoms with Crippen LogP contribution in [0.15, 0.2) is 152 Å². The summed E-state index contributed by atoms with van der Waals surface area (Å²) in [4.78, 5) is 8.77. The molecular weight excluding hydrogens is 789 g/mol. The number of hydrogen-bond donors (Lipinski definition) is 0. The summed E-state index contributed by atoms with van der Waals surface area (Å²) < 4.78 is 4.25. The number of aryl methyl sites for hydroxylation is 1. The van der Waals surface area contributed by atoms with Crippen molar-refractivity contribution in [1.29, 1.82) is 0 Å². The third-order valence-corrected chi connectivity index (χ3v) is 8.02. The summed E-state index contributed by atoms with van der Waals surface area (Å²) in [7, 11) is 3.89. The van der Waals surface area contributed by atoms with Crippen molar-refractivity contribution in [2.24, 2.45) is 5.92 Å². The number of para-hydroxylation sites is 1. The largest absolute Gasteiger partial charge is 0.380 e. The summed E-state index contributed by atoms with van der Waals surface area (Å²) in [6.45, 7) is 7.59. The second-order valence-corrected chi connectivity index (χ2v) is 12.2. The van der Waals surface area contributed by atoms with Crippen molar-refractivity contribution < 1.29 is 24.7 Å². The monoisotopic (exact) mass is 828 g/mol. The van der Waals surface area contributed by atoms with Crippen LogP contribution in [0.5, 0.6) is 0 Å². The van der Waals surface area contributed by atoms with Crippen molar-refractivity contribution in [3.8, 4) is 33.8 Å². The number of hydrogen-bond acceptors (Lipinski definition) is 2. The predicted octanol–water partition coefficient (Wildman–Crippen LogP) is 10.2. The van der Waals surface area contributed by atoms with Crippen molar-refractivity contribution in [1.82, 2.24) is 14.5 Å². The Kier molecular flexibility index (Phi) is 12.5. The maximum absolute atomic E-state index is 4.55. The normalized spacial score (nSPS) is 10.5. The van der Waals surface area contributed by atoms with E-state index in [-0.39, 0.29) is 20.1 Å². The molecule has 0 aliphatic rings. The predicted molar refractivity (Wildman–Crippen MR) is 201 cm³/mol. The second kappa shape index (κ2) is 17.3. The van der Waals surface area contributed by atoms with Crippen LogP contribution in [0.2, 0.25) is 0 Å². The molecule has 8 rings (SSSR count). The molecule has 0 bridgehead atoms. The first kappa shape index (κ1) is 35.9. The van der Waals surface area contributed by atoms with Gasteiger partial charge in [0.05, 0.1) is 6.20 Å². The number of benzene rings is 4. The fourth-order valence-electron chi connectivity index (χ4n) is 5.67. The smallest absolute Gasteiger partial charge is 0.115 e. The molecule has 50 heavy (non-hydrogen) atoms. The molecule has 4 aromatic heterocycles. The minimum absolute atomic E-state index is 0. The molecule has 4 aromatic carbocycles. The Morgan fingerprint density at radius 2 is 1.38 bits per heavy atom. The zero-order valence-corrected chi connectivity index (χ0v) is 30.9. The molecule has 0 amide bonds. The van der Waals surface area contributed by atoms with Gasteiger partial charge in [0.25, 0.3) is 0 Å². The molecule has 4 nitrogen and oxygen atoms in total. The van der Waals surface area contributed by atoms with Crippen LogP contribution >= 0.6 is 0 Å². The molecule has 0 saturated heterocycles. The molecule has 0 N–H and O–H groups in total. The number of aromatic nitrogens is 4. The van der Waals surface area contributed by atoms with E-state index in [4.69, 9.17) is 0 Å². The van der Waals surface area contributed by atoms with Crippen molar-refractivity contribution in [3.63, 3.8) is 0 Å². The maximum atomic E-state index is 4.55. The summed E-state index contributed by atoms with van der Waals surface area (Å²) >= 11 is 0. The number of rotatable bonds is 5. The number of fused-ring (bicyclic) bond motifs is 3. The Labute approximate surface area is 309 Å². The standard InChI is InChI=1S/C22H21N2.C12H10N.C11H8N.Ir/c1-15(2)14-24-21-7-5-4-6-18(21)19-12-17(9-11-22(19)24)20-10-8-16(3)13-23-20;1-13-10-6-5-9-12(13)11-7-3-2-4-8-11;1-2-6-10(7-3-1)11-8-4-5-9-12-11;/h4-8,10-13,15H,14H2,1-3H3;2-7,9-10H,1H2;1-6,8-9H;/q3*-1;. The van der Waals surface area contributed by atoms with E-state index in [1.807, 2.05) is 102 Å². The number of nitrogens with zero attached hydrogens (tertiary/aromatic N) is 4. The summed E-state index contributed by atoms with van der Waals surface area (Å²) in [5, 5.41) is 2.58. The van der Waals surface area contributed by atoms with Crippen molar-refractivity contribution in [3.05, 3.63) is 183 Å². The average molecular weight is 828 g/mol. The minimum Gasteiger partial charge on any atom is -0.380 e. The van der Waals surface area contributed by atoms with Crippen LogP contribution < -0.4 is 4.57 Å². The van der Waals surface area contributed by atoms with Gasteiger partial charge in [-0.2, -0.15) is 0 Å². The van der Waals surface area contributed by atoms with E-state index in [0.717, 1.165) is 40.3 Å². The molecule has 5 heteroatoms. The molecule has 8 aromatic rings. The van der Waals surface area contributed by atoms with Crippen LogP contribution in [0.3, 0.4) is 0 Å². The third-order valence-electron chi connectivity index (χ3n) is 8.02.